The highest BCUT2D eigenvalue weighted by Crippen LogP contribution is 2.21. The number of piperazine rings is 1. The van der Waals surface area contributed by atoms with Crippen LogP contribution in [0.1, 0.15) is 15.9 Å². The monoisotopic (exact) mass is 218 g/mol. The molecule has 1 aliphatic rings. The Balaban J connectivity index is 2.23. The van der Waals surface area contributed by atoms with Gasteiger partial charge in [0.1, 0.15) is 0 Å². The van der Waals surface area contributed by atoms with Crippen LogP contribution in [-0.2, 0) is 0 Å². The van der Waals surface area contributed by atoms with E-state index in [1.54, 1.807) is 0 Å². The molecule has 0 N–H and O–H groups in total. The van der Waals surface area contributed by atoms with Crippen molar-refractivity contribution >= 4 is 12.0 Å². The molecule has 16 heavy (non-hydrogen) atoms. The van der Waals surface area contributed by atoms with Crippen LogP contribution in [-0.4, -0.2) is 44.4 Å². The SMILES string of the molecule is Cc1ccc(N2CCN(C)CC2)c(C=O)c1. The summed E-state index contributed by atoms with van der Waals surface area (Å²) >= 11 is 0. The predicted molar refractivity (Wildman–Crippen MR) is 66.3 cm³/mol. The lowest BCUT2D eigenvalue weighted by molar-refractivity contribution is 0.112. The Hall–Kier alpha value is -1.35. The molecule has 3 heteroatoms. The number of nitrogens with zero attached hydrogens (tertiary/aromatic N) is 2. The van der Waals surface area contributed by atoms with Gasteiger partial charge in [0, 0.05) is 37.4 Å². The Bertz CT molecular complexity index is 382. The number of anilines is 1. The first-order valence-corrected chi connectivity index (χ1v) is 5.70. The first-order chi connectivity index (χ1) is 7.70. The average Bonchev–Trinajstić information content (AvgIpc) is 2.30. The van der Waals surface area contributed by atoms with Crippen LogP contribution in [0.2, 0.25) is 0 Å². The summed E-state index contributed by atoms with van der Waals surface area (Å²) in [5, 5.41) is 0. The first-order valence-electron chi connectivity index (χ1n) is 5.70. The summed E-state index contributed by atoms with van der Waals surface area (Å²) in [5.74, 6) is 0. The molecule has 0 unspecified atom stereocenters. The number of benzene rings is 1. The van der Waals surface area contributed by atoms with Crippen LogP contribution in [0, 0.1) is 6.92 Å². The molecule has 0 spiro atoms. The van der Waals surface area contributed by atoms with Crippen molar-refractivity contribution in [2.75, 3.05) is 38.1 Å². The molecule has 1 fully saturated rings. The Labute approximate surface area is 96.7 Å². The summed E-state index contributed by atoms with van der Waals surface area (Å²) in [5.41, 5.74) is 3.03. The number of hydrogen-bond donors (Lipinski definition) is 0. The van der Waals surface area contributed by atoms with E-state index in [1.807, 2.05) is 13.0 Å². The van der Waals surface area contributed by atoms with Gasteiger partial charge < -0.3 is 9.80 Å². The highest BCUT2D eigenvalue weighted by Gasteiger charge is 2.16. The van der Waals surface area contributed by atoms with Crippen LogP contribution in [0.5, 0.6) is 0 Å². The van der Waals surface area contributed by atoms with Crippen LogP contribution in [0.15, 0.2) is 18.2 Å². The van der Waals surface area contributed by atoms with Crippen molar-refractivity contribution in [1.29, 1.82) is 0 Å². The summed E-state index contributed by atoms with van der Waals surface area (Å²) in [4.78, 5) is 15.7. The molecule has 2 rings (SSSR count). The van der Waals surface area contributed by atoms with Crippen molar-refractivity contribution in [3.63, 3.8) is 0 Å². The third kappa shape index (κ3) is 2.25. The van der Waals surface area contributed by atoms with E-state index in [4.69, 9.17) is 0 Å². The van der Waals surface area contributed by atoms with Crippen LogP contribution in [0.25, 0.3) is 0 Å². The van der Waals surface area contributed by atoms with Gasteiger partial charge in [0.2, 0.25) is 0 Å². The lowest BCUT2D eigenvalue weighted by Crippen LogP contribution is -2.44. The Morgan fingerprint density at radius 1 is 1.19 bits per heavy atom. The second kappa shape index (κ2) is 4.66. The Kier molecular flexibility index (Phi) is 3.25. The number of rotatable bonds is 2. The number of aryl methyl sites for hydroxylation is 1. The fourth-order valence-electron chi connectivity index (χ4n) is 2.10. The zero-order chi connectivity index (χ0) is 11.5. The largest absolute Gasteiger partial charge is 0.368 e. The highest BCUT2D eigenvalue weighted by atomic mass is 16.1. The van der Waals surface area contributed by atoms with E-state index in [0.717, 1.165) is 49.3 Å². The maximum Gasteiger partial charge on any atom is 0.152 e. The van der Waals surface area contributed by atoms with E-state index >= 15 is 0 Å². The molecule has 1 aromatic carbocycles. The third-order valence-electron chi connectivity index (χ3n) is 3.15. The van der Waals surface area contributed by atoms with E-state index < -0.39 is 0 Å². The van der Waals surface area contributed by atoms with Crippen molar-refractivity contribution in [3.05, 3.63) is 29.3 Å². The van der Waals surface area contributed by atoms with E-state index in [0.29, 0.717) is 0 Å². The zero-order valence-corrected chi connectivity index (χ0v) is 9.94. The zero-order valence-electron chi connectivity index (χ0n) is 9.94. The summed E-state index contributed by atoms with van der Waals surface area (Å²) in [6.45, 7) is 6.14. The molecule has 0 amide bonds. The second-order valence-electron chi connectivity index (χ2n) is 4.47. The van der Waals surface area contributed by atoms with E-state index in [-0.39, 0.29) is 0 Å². The van der Waals surface area contributed by atoms with Gasteiger partial charge in [-0.05, 0) is 26.1 Å². The van der Waals surface area contributed by atoms with Gasteiger partial charge in [-0.1, -0.05) is 11.6 Å². The minimum atomic E-state index is 0.810. The number of carbonyl (C=O) groups excluding carboxylic acids is 1. The van der Waals surface area contributed by atoms with E-state index in [1.165, 1.54) is 0 Å². The molecule has 0 aromatic heterocycles. The normalized spacial score (nSPS) is 17.5. The van der Waals surface area contributed by atoms with Crippen molar-refractivity contribution in [1.82, 2.24) is 4.90 Å². The van der Waals surface area contributed by atoms with Crippen LogP contribution < -0.4 is 4.90 Å². The van der Waals surface area contributed by atoms with Gasteiger partial charge in [0.15, 0.2) is 6.29 Å². The second-order valence-corrected chi connectivity index (χ2v) is 4.47. The van der Waals surface area contributed by atoms with Gasteiger partial charge in [-0.25, -0.2) is 0 Å². The van der Waals surface area contributed by atoms with Crippen LogP contribution >= 0.6 is 0 Å². The molecule has 0 radical (unpaired) electrons. The molecule has 3 nitrogen and oxygen atoms in total. The molecular formula is C13H18N2O. The number of carbonyl (C=O) groups is 1. The summed E-state index contributed by atoms with van der Waals surface area (Å²) in [6, 6.07) is 6.09. The number of likely N-dealkylation sites (N-methyl/N-ethyl adjacent to an activating group) is 1. The van der Waals surface area contributed by atoms with Gasteiger partial charge >= 0.3 is 0 Å². The molecule has 1 aromatic rings. The van der Waals surface area contributed by atoms with Gasteiger partial charge in [-0.2, -0.15) is 0 Å². The van der Waals surface area contributed by atoms with Gasteiger partial charge in [-0.3, -0.25) is 4.79 Å². The van der Waals surface area contributed by atoms with Crippen LogP contribution in [0.4, 0.5) is 5.69 Å². The smallest absolute Gasteiger partial charge is 0.152 e. The number of aldehydes is 1. The van der Waals surface area contributed by atoms with Crippen molar-refractivity contribution in [2.24, 2.45) is 0 Å². The highest BCUT2D eigenvalue weighted by molar-refractivity contribution is 5.85. The standard InChI is InChI=1S/C13H18N2O/c1-11-3-4-13(12(9-11)10-16)15-7-5-14(2)6-8-15/h3-4,9-10H,5-8H2,1-2H3. The summed E-state index contributed by atoms with van der Waals surface area (Å²) < 4.78 is 0. The van der Waals surface area contributed by atoms with Crippen molar-refractivity contribution in [3.8, 4) is 0 Å². The summed E-state index contributed by atoms with van der Waals surface area (Å²) in [6.07, 6.45) is 0.959. The van der Waals surface area contributed by atoms with Gasteiger partial charge in [-0.15, -0.1) is 0 Å². The molecule has 1 aliphatic heterocycles. The van der Waals surface area contributed by atoms with Gasteiger partial charge in [0.25, 0.3) is 0 Å². The van der Waals surface area contributed by atoms with Crippen LogP contribution in [0.3, 0.4) is 0 Å². The number of hydrogen-bond acceptors (Lipinski definition) is 3. The first kappa shape index (κ1) is 11.1. The quantitative estimate of drug-likeness (QED) is 0.704. The topological polar surface area (TPSA) is 23.6 Å². The Morgan fingerprint density at radius 3 is 2.50 bits per heavy atom. The summed E-state index contributed by atoms with van der Waals surface area (Å²) in [7, 11) is 2.13. The minimum absolute atomic E-state index is 0.810. The average molecular weight is 218 g/mol. The molecule has 1 saturated heterocycles. The van der Waals surface area contributed by atoms with E-state index in [2.05, 4.69) is 29.0 Å². The molecule has 0 aliphatic carbocycles. The molecular weight excluding hydrogens is 200 g/mol. The maximum absolute atomic E-state index is 11.0. The van der Waals surface area contributed by atoms with E-state index in [9.17, 15) is 4.79 Å². The molecule has 0 saturated carbocycles. The van der Waals surface area contributed by atoms with Gasteiger partial charge in [0.05, 0.1) is 0 Å². The molecule has 0 atom stereocenters. The fraction of sp³-hybridized carbons (Fsp3) is 0.462. The Morgan fingerprint density at radius 2 is 1.88 bits per heavy atom. The minimum Gasteiger partial charge on any atom is -0.368 e. The van der Waals surface area contributed by atoms with Crippen molar-refractivity contribution in [2.45, 2.75) is 6.92 Å². The predicted octanol–water partition coefficient (Wildman–Crippen LogP) is 1.56. The lowest BCUT2D eigenvalue weighted by Gasteiger charge is -2.34. The third-order valence-corrected chi connectivity index (χ3v) is 3.15. The lowest BCUT2D eigenvalue weighted by atomic mass is 10.1. The molecule has 0 bridgehead atoms. The fourth-order valence-corrected chi connectivity index (χ4v) is 2.10. The maximum atomic E-state index is 11.0. The van der Waals surface area contributed by atoms with Crippen molar-refractivity contribution < 1.29 is 4.79 Å². The molecule has 86 valence electrons. The molecule has 1 heterocycles.